The van der Waals surface area contributed by atoms with Crippen LogP contribution in [-0.4, -0.2) is 10.7 Å². The second kappa shape index (κ2) is 3.02. The van der Waals surface area contributed by atoms with Crippen LogP contribution >= 0.6 is 0 Å². The lowest BCUT2D eigenvalue weighted by atomic mass is 9.85. The lowest BCUT2D eigenvalue weighted by Gasteiger charge is -2.26. The van der Waals surface area contributed by atoms with E-state index in [-0.39, 0.29) is 5.60 Å². The molecule has 1 aliphatic rings. The largest absolute Gasteiger partial charge is 0.390 e. The van der Waals surface area contributed by atoms with Gasteiger partial charge in [-0.2, -0.15) is 0 Å². The van der Waals surface area contributed by atoms with Crippen molar-refractivity contribution in [3.05, 3.63) is 0 Å². The number of hydrogen-bond donors (Lipinski definition) is 1. The molecular formula is C11H22O. The molecule has 0 aliphatic heterocycles. The minimum Gasteiger partial charge on any atom is -0.390 e. The van der Waals surface area contributed by atoms with E-state index in [1.54, 1.807) is 0 Å². The van der Waals surface area contributed by atoms with Crippen molar-refractivity contribution in [3.8, 4) is 0 Å². The van der Waals surface area contributed by atoms with Crippen LogP contribution in [0, 0.1) is 11.3 Å². The predicted octanol–water partition coefficient (Wildman–Crippen LogP) is 2.97. The van der Waals surface area contributed by atoms with Gasteiger partial charge in [0.1, 0.15) is 0 Å². The van der Waals surface area contributed by atoms with Crippen molar-refractivity contribution in [2.24, 2.45) is 11.3 Å². The van der Waals surface area contributed by atoms with Crippen molar-refractivity contribution in [2.75, 3.05) is 0 Å². The Hall–Kier alpha value is -0.0400. The van der Waals surface area contributed by atoms with E-state index in [9.17, 15) is 5.11 Å². The summed E-state index contributed by atoms with van der Waals surface area (Å²) in [5.74, 6) is 0.615. The quantitative estimate of drug-likeness (QED) is 0.675. The third-order valence-corrected chi connectivity index (χ3v) is 2.86. The fourth-order valence-corrected chi connectivity index (χ4v) is 2.57. The summed E-state index contributed by atoms with van der Waals surface area (Å²) in [6, 6.07) is 0. The second-order valence-electron chi connectivity index (χ2n) is 5.66. The van der Waals surface area contributed by atoms with Crippen LogP contribution in [0.15, 0.2) is 0 Å². The molecule has 1 aliphatic carbocycles. The molecule has 0 bridgehead atoms. The van der Waals surface area contributed by atoms with Gasteiger partial charge >= 0.3 is 0 Å². The van der Waals surface area contributed by atoms with Gasteiger partial charge in [-0.15, -0.1) is 0 Å². The highest BCUT2D eigenvalue weighted by molar-refractivity contribution is 4.93. The summed E-state index contributed by atoms with van der Waals surface area (Å²) in [6.07, 6.45) is 4.13. The first-order valence-electron chi connectivity index (χ1n) is 5.05. The fourth-order valence-electron chi connectivity index (χ4n) is 2.57. The van der Waals surface area contributed by atoms with Crippen LogP contribution in [-0.2, 0) is 0 Å². The summed E-state index contributed by atoms with van der Waals surface area (Å²) in [5, 5.41) is 10.2. The standard InChI is InChI=1S/C11H22O/c1-9(2)7-11(12)6-5-10(3,4)8-11/h9,12H,5-8H2,1-4H3. The van der Waals surface area contributed by atoms with Gasteiger partial charge in [0.25, 0.3) is 0 Å². The van der Waals surface area contributed by atoms with Gasteiger partial charge in [0.05, 0.1) is 5.60 Å². The Balaban J connectivity index is 2.53. The van der Waals surface area contributed by atoms with E-state index in [0.29, 0.717) is 11.3 Å². The molecule has 1 atom stereocenters. The van der Waals surface area contributed by atoms with Crippen LogP contribution in [0.25, 0.3) is 0 Å². The molecule has 72 valence electrons. The Morgan fingerprint density at radius 1 is 1.25 bits per heavy atom. The molecule has 1 heteroatoms. The maximum absolute atomic E-state index is 10.2. The Kier molecular flexibility index (Phi) is 2.53. The summed E-state index contributed by atoms with van der Waals surface area (Å²) in [6.45, 7) is 8.88. The van der Waals surface area contributed by atoms with Crippen LogP contribution in [0.1, 0.15) is 53.4 Å². The number of aliphatic hydroxyl groups is 1. The van der Waals surface area contributed by atoms with Crippen molar-refractivity contribution < 1.29 is 5.11 Å². The van der Waals surface area contributed by atoms with Crippen LogP contribution in [0.2, 0.25) is 0 Å². The van der Waals surface area contributed by atoms with E-state index >= 15 is 0 Å². The van der Waals surface area contributed by atoms with E-state index in [1.807, 2.05) is 0 Å². The maximum atomic E-state index is 10.2. The third-order valence-electron chi connectivity index (χ3n) is 2.86. The Bertz CT molecular complexity index is 160. The lowest BCUT2D eigenvalue weighted by Crippen LogP contribution is -2.28. The average molecular weight is 170 g/mol. The molecule has 1 N–H and O–H groups in total. The van der Waals surface area contributed by atoms with Gasteiger partial charge in [0.2, 0.25) is 0 Å². The minimum absolute atomic E-state index is 0.350. The van der Waals surface area contributed by atoms with Crippen molar-refractivity contribution in [1.29, 1.82) is 0 Å². The van der Waals surface area contributed by atoms with Gasteiger partial charge in [0, 0.05) is 0 Å². The van der Waals surface area contributed by atoms with Crippen LogP contribution < -0.4 is 0 Å². The zero-order chi connectivity index (χ0) is 9.41. The normalized spacial score (nSPS) is 34.5. The first kappa shape index (κ1) is 10.0. The molecule has 1 rings (SSSR count). The Labute approximate surface area is 76.2 Å². The van der Waals surface area contributed by atoms with E-state index in [4.69, 9.17) is 0 Å². The molecule has 0 amide bonds. The first-order chi connectivity index (χ1) is 5.33. The third kappa shape index (κ3) is 2.48. The van der Waals surface area contributed by atoms with Gasteiger partial charge in [-0.05, 0) is 37.0 Å². The smallest absolute Gasteiger partial charge is 0.0655 e. The summed E-state index contributed by atoms with van der Waals surface area (Å²) in [7, 11) is 0. The van der Waals surface area contributed by atoms with Gasteiger partial charge in [-0.1, -0.05) is 27.7 Å². The first-order valence-corrected chi connectivity index (χ1v) is 5.05. The monoisotopic (exact) mass is 170 g/mol. The van der Waals surface area contributed by atoms with Gasteiger partial charge < -0.3 is 5.11 Å². The molecule has 0 aromatic carbocycles. The van der Waals surface area contributed by atoms with E-state index in [1.165, 1.54) is 6.42 Å². The fraction of sp³-hybridized carbons (Fsp3) is 1.00. The lowest BCUT2D eigenvalue weighted by molar-refractivity contribution is 0.0174. The van der Waals surface area contributed by atoms with Crippen LogP contribution in [0.3, 0.4) is 0 Å². The predicted molar refractivity (Wildman–Crippen MR) is 52.0 cm³/mol. The number of hydrogen-bond acceptors (Lipinski definition) is 1. The minimum atomic E-state index is -0.350. The molecular weight excluding hydrogens is 148 g/mol. The molecule has 0 aromatic heterocycles. The zero-order valence-corrected chi connectivity index (χ0v) is 8.85. The summed E-state index contributed by atoms with van der Waals surface area (Å²) in [4.78, 5) is 0. The zero-order valence-electron chi connectivity index (χ0n) is 8.85. The topological polar surface area (TPSA) is 20.2 Å². The van der Waals surface area contributed by atoms with Gasteiger partial charge in [-0.3, -0.25) is 0 Å². The SMILES string of the molecule is CC(C)CC1(O)CCC(C)(C)C1. The summed E-state index contributed by atoms with van der Waals surface area (Å²) >= 11 is 0. The highest BCUT2D eigenvalue weighted by atomic mass is 16.3. The van der Waals surface area contributed by atoms with Crippen molar-refractivity contribution in [2.45, 2.75) is 59.0 Å². The molecule has 1 unspecified atom stereocenters. The van der Waals surface area contributed by atoms with Crippen LogP contribution in [0.5, 0.6) is 0 Å². The van der Waals surface area contributed by atoms with E-state index < -0.39 is 0 Å². The molecule has 0 aromatic rings. The number of rotatable bonds is 2. The van der Waals surface area contributed by atoms with Gasteiger partial charge in [0.15, 0.2) is 0 Å². The van der Waals surface area contributed by atoms with Gasteiger partial charge in [-0.25, -0.2) is 0 Å². The molecule has 1 saturated carbocycles. The highest BCUT2D eigenvalue weighted by Crippen LogP contribution is 2.46. The summed E-state index contributed by atoms with van der Waals surface area (Å²) in [5.41, 5.74) is 0.0152. The molecule has 1 fully saturated rings. The summed E-state index contributed by atoms with van der Waals surface area (Å²) < 4.78 is 0. The molecule has 12 heavy (non-hydrogen) atoms. The van der Waals surface area contributed by atoms with Crippen molar-refractivity contribution in [3.63, 3.8) is 0 Å². The van der Waals surface area contributed by atoms with Crippen molar-refractivity contribution >= 4 is 0 Å². The molecule has 0 heterocycles. The molecule has 0 spiro atoms. The van der Waals surface area contributed by atoms with E-state index in [0.717, 1.165) is 19.3 Å². The Morgan fingerprint density at radius 3 is 2.17 bits per heavy atom. The molecule has 1 nitrogen and oxygen atoms in total. The average Bonchev–Trinajstić information content (AvgIpc) is 2.03. The highest BCUT2D eigenvalue weighted by Gasteiger charge is 2.41. The van der Waals surface area contributed by atoms with E-state index in [2.05, 4.69) is 27.7 Å². The molecule has 0 saturated heterocycles. The molecule has 0 radical (unpaired) electrons. The maximum Gasteiger partial charge on any atom is 0.0655 e. The van der Waals surface area contributed by atoms with Crippen molar-refractivity contribution in [1.82, 2.24) is 0 Å². The van der Waals surface area contributed by atoms with Crippen LogP contribution in [0.4, 0.5) is 0 Å². The Morgan fingerprint density at radius 2 is 1.83 bits per heavy atom. The second-order valence-corrected chi connectivity index (χ2v) is 5.66.